The van der Waals surface area contributed by atoms with Gasteiger partial charge in [0.25, 0.3) is 0 Å². The molecule has 4 aromatic rings. The highest BCUT2D eigenvalue weighted by molar-refractivity contribution is 7.89. The van der Waals surface area contributed by atoms with Crippen molar-refractivity contribution in [2.45, 2.75) is 109 Å². The van der Waals surface area contributed by atoms with E-state index in [2.05, 4.69) is 25.8 Å². The maximum Gasteiger partial charge on any atom is 0.452 e. The topological polar surface area (TPSA) is 213 Å². The van der Waals surface area contributed by atoms with Crippen LogP contribution < -0.4 is 15.4 Å². The van der Waals surface area contributed by atoms with Gasteiger partial charge in [-0.05, 0) is 101 Å². The molecule has 5 heterocycles. The predicted octanol–water partition coefficient (Wildman–Crippen LogP) is 5.73. The second-order valence-electron chi connectivity index (χ2n) is 17.9. The molecule has 1 aromatic carbocycles. The third kappa shape index (κ3) is 11.4. The van der Waals surface area contributed by atoms with E-state index in [1.54, 1.807) is 52.0 Å². The van der Waals surface area contributed by atoms with E-state index in [4.69, 9.17) is 18.9 Å². The second-order valence-corrected chi connectivity index (χ2v) is 19.8. The van der Waals surface area contributed by atoms with E-state index in [9.17, 15) is 41.1 Å². The fourth-order valence-corrected chi connectivity index (χ4v) is 9.52. The summed E-state index contributed by atoms with van der Waals surface area (Å²) in [6.07, 6.45) is -3.18. The zero-order valence-electron chi connectivity index (χ0n) is 37.5. The summed E-state index contributed by atoms with van der Waals surface area (Å²) in [7, 11) is -4.28. The molecule has 1 unspecified atom stereocenters. The standard InChI is InChI=1S/C44H56F3N7O10S/c1-27-8-9-29(35(42(6,7)39(56)57)32-14-19-54-36(28(32)2)51-52-38(54)44(45,46)47)24-30(27)25-53-26-43(15-20-61-21-16-43)63-37-33(65(53,59)60)12-10-31(50-37)11-13-34(55)48-17-22-62-23-18-49-40(58)64-41(3,4)5/h8-10,12,14,19,24,35H,11,13,15-18,20-23,25-26H2,1-7H3,(H,48,55)(H,49,58)(H,56,57). The molecular weight excluding hydrogens is 876 g/mol. The van der Waals surface area contributed by atoms with Crippen LogP contribution in [0.1, 0.15) is 99.1 Å². The molecule has 1 fully saturated rings. The van der Waals surface area contributed by atoms with Gasteiger partial charge in [0.15, 0.2) is 5.65 Å². The van der Waals surface area contributed by atoms with Crippen LogP contribution in [0.5, 0.6) is 5.88 Å². The number of nitrogens with one attached hydrogen (secondary N) is 2. The van der Waals surface area contributed by atoms with Gasteiger partial charge in [-0.3, -0.25) is 14.0 Å². The van der Waals surface area contributed by atoms with Gasteiger partial charge in [0.1, 0.15) is 16.1 Å². The Morgan fingerprint density at radius 1 is 0.969 bits per heavy atom. The lowest BCUT2D eigenvalue weighted by atomic mass is 9.70. The van der Waals surface area contributed by atoms with E-state index in [-0.39, 0.29) is 74.6 Å². The first-order valence-corrected chi connectivity index (χ1v) is 22.7. The molecule has 0 bridgehead atoms. The molecule has 17 nitrogen and oxygen atoms in total. The highest BCUT2D eigenvalue weighted by atomic mass is 32.2. The summed E-state index contributed by atoms with van der Waals surface area (Å²) >= 11 is 0. The smallest absolute Gasteiger partial charge is 0.452 e. The number of pyridine rings is 2. The lowest BCUT2D eigenvalue weighted by Crippen LogP contribution is -2.50. The van der Waals surface area contributed by atoms with Crippen molar-refractivity contribution < 1.29 is 60.0 Å². The molecule has 2 aliphatic rings. The molecule has 0 radical (unpaired) electrons. The van der Waals surface area contributed by atoms with Crippen molar-refractivity contribution in [1.82, 2.24) is 34.5 Å². The number of benzene rings is 1. The van der Waals surface area contributed by atoms with Gasteiger partial charge in [-0.1, -0.05) is 18.2 Å². The number of carboxylic acid groups (broad SMARTS) is 1. The van der Waals surface area contributed by atoms with Gasteiger partial charge in [-0.15, -0.1) is 10.2 Å². The number of ether oxygens (including phenoxy) is 4. The van der Waals surface area contributed by atoms with Gasteiger partial charge in [-0.25, -0.2) is 18.2 Å². The van der Waals surface area contributed by atoms with E-state index in [1.165, 1.54) is 36.5 Å². The van der Waals surface area contributed by atoms with Crippen LogP contribution in [-0.4, -0.2) is 113 Å². The lowest BCUT2D eigenvalue weighted by Gasteiger charge is -2.38. The second kappa shape index (κ2) is 19.2. The number of rotatable bonds is 15. The van der Waals surface area contributed by atoms with Crippen LogP contribution in [0.15, 0.2) is 47.5 Å². The molecule has 21 heteroatoms. The number of carbonyl (C=O) groups excluding carboxylic acids is 2. The SMILES string of the molecule is Cc1ccc(C(c2ccn3c(C(F)(F)F)nnc3c2C)C(C)(C)C(=O)O)cc1CN1CC2(CCOCC2)Oc2nc(CCC(=O)NCCOCCNC(=O)OC(C)(C)C)ccc2S1(=O)=O. The number of alkyl halides is 3. The van der Waals surface area contributed by atoms with E-state index < -0.39 is 56.6 Å². The Bertz CT molecular complexity index is 2520. The zero-order valence-corrected chi connectivity index (χ0v) is 38.3. The number of hydrogen-bond acceptors (Lipinski definition) is 12. The molecule has 0 saturated carbocycles. The summed E-state index contributed by atoms with van der Waals surface area (Å²) in [6, 6.07) is 9.68. The monoisotopic (exact) mass is 931 g/mol. The minimum Gasteiger partial charge on any atom is -0.481 e. The van der Waals surface area contributed by atoms with Crippen LogP contribution in [0, 0.1) is 19.3 Å². The molecule has 3 aromatic heterocycles. The van der Waals surface area contributed by atoms with E-state index in [0.29, 0.717) is 54.0 Å². The van der Waals surface area contributed by atoms with Crippen LogP contribution >= 0.6 is 0 Å². The van der Waals surface area contributed by atoms with Gasteiger partial charge >= 0.3 is 18.2 Å². The molecule has 0 aliphatic carbocycles. The molecule has 3 N–H and O–H groups in total. The van der Waals surface area contributed by atoms with Gasteiger partial charge in [0, 0.05) is 56.7 Å². The Hall–Kier alpha value is -5.38. The third-order valence-electron chi connectivity index (χ3n) is 11.5. The number of halogens is 3. The third-order valence-corrected chi connectivity index (χ3v) is 13.3. The van der Waals surface area contributed by atoms with Crippen LogP contribution in [0.2, 0.25) is 0 Å². The van der Waals surface area contributed by atoms with Crippen LogP contribution in [0.25, 0.3) is 5.65 Å². The number of sulfonamides is 1. The fourth-order valence-electron chi connectivity index (χ4n) is 7.98. The quantitative estimate of drug-likeness (QED) is 0.122. The van der Waals surface area contributed by atoms with Gasteiger partial charge in [-0.2, -0.15) is 17.5 Å². The largest absolute Gasteiger partial charge is 0.481 e. The van der Waals surface area contributed by atoms with Crippen molar-refractivity contribution in [2.24, 2.45) is 5.41 Å². The summed E-state index contributed by atoms with van der Waals surface area (Å²) in [5.41, 5.74) is -0.244. The number of amides is 2. The number of aliphatic carboxylic acids is 1. The Morgan fingerprint density at radius 3 is 2.32 bits per heavy atom. The van der Waals surface area contributed by atoms with Crippen molar-refractivity contribution in [3.63, 3.8) is 0 Å². The van der Waals surface area contributed by atoms with Crippen molar-refractivity contribution in [3.8, 4) is 5.88 Å². The molecular formula is C44H56F3N7O10S. The van der Waals surface area contributed by atoms with E-state index in [1.807, 2.05) is 6.92 Å². The van der Waals surface area contributed by atoms with Gasteiger partial charge < -0.3 is 34.7 Å². The number of carboxylic acids is 1. The predicted molar refractivity (Wildman–Crippen MR) is 229 cm³/mol. The molecule has 6 rings (SSSR count). The summed E-state index contributed by atoms with van der Waals surface area (Å²) in [5, 5.41) is 23.1. The fraction of sp³-hybridized carbons (Fsp3) is 0.545. The lowest BCUT2D eigenvalue weighted by molar-refractivity contribution is -0.147. The normalized spacial score (nSPS) is 16.9. The first-order chi connectivity index (χ1) is 30.4. The number of nitrogens with zero attached hydrogens (tertiary/aromatic N) is 5. The molecule has 2 amide bonds. The number of carbonyl (C=O) groups is 3. The number of hydrogen-bond donors (Lipinski definition) is 3. The van der Waals surface area contributed by atoms with Crippen molar-refractivity contribution in [3.05, 3.63) is 81.9 Å². The molecule has 65 heavy (non-hydrogen) atoms. The number of alkyl carbamates (subject to hydrolysis) is 1. The van der Waals surface area contributed by atoms with Crippen LogP contribution in [-0.2, 0) is 53.0 Å². The molecule has 2 aliphatic heterocycles. The van der Waals surface area contributed by atoms with Gasteiger partial charge in [0.2, 0.25) is 27.6 Å². The first-order valence-electron chi connectivity index (χ1n) is 21.2. The van der Waals surface area contributed by atoms with E-state index in [0.717, 1.165) is 9.96 Å². The minimum atomic E-state index is -4.78. The van der Waals surface area contributed by atoms with Gasteiger partial charge in [0.05, 0.1) is 38.4 Å². The minimum absolute atomic E-state index is 0.0517. The number of aromatic nitrogens is 4. The molecule has 1 atom stereocenters. The Balaban J connectivity index is 1.21. The molecule has 1 saturated heterocycles. The maximum atomic E-state index is 14.7. The number of aryl methyl sites for hydroxylation is 3. The van der Waals surface area contributed by atoms with Crippen molar-refractivity contribution in [1.29, 1.82) is 0 Å². The molecule has 1 spiro atoms. The highest BCUT2D eigenvalue weighted by Crippen LogP contribution is 2.45. The van der Waals surface area contributed by atoms with Crippen LogP contribution in [0.4, 0.5) is 18.0 Å². The summed E-state index contributed by atoms with van der Waals surface area (Å²) in [5.74, 6) is -3.64. The molecule has 354 valence electrons. The number of fused-ring (bicyclic) bond motifs is 2. The summed E-state index contributed by atoms with van der Waals surface area (Å²) < 4.78 is 95.6. The van der Waals surface area contributed by atoms with Crippen LogP contribution in [0.3, 0.4) is 0 Å². The highest BCUT2D eigenvalue weighted by Gasteiger charge is 2.46. The van der Waals surface area contributed by atoms with E-state index >= 15 is 0 Å². The zero-order chi connectivity index (χ0) is 47.5. The maximum absolute atomic E-state index is 14.7. The average molecular weight is 932 g/mol. The van der Waals surface area contributed by atoms with Crippen molar-refractivity contribution in [2.75, 3.05) is 46.1 Å². The summed E-state index contributed by atoms with van der Waals surface area (Å²) in [6.45, 7) is 13.1. The summed E-state index contributed by atoms with van der Waals surface area (Å²) in [4.78, 5) is 41.8. The van der Waals surface area contributed by atoms with Crippen molar-refractivity contribution >= 4 is 33.6 Å². The Kier molecular flexibility index (Phi) is 14.5. The Morgan fingerprint density at radius 2 is 1.66 bits per heavy atom. The Labute approximate surface area is 375 Å². The first kappa shape index (κ1) is 49.1. The average Bonchev–Trinajstić information content (AvgIpc) is 3.64.